The number of aryl methyl sites for hydroxylation is 4. The summed E-state index contributed by atoms with van der Waals surface area (Å²) in [7, 11) is 0. The molecule has 2 nitrogen and oxygen atoms in total. The van der Waals surface area contributed by atoms with Crippen molar-refractivity contribution in [1.82, 2.24) is 0 Å². The Balaban J connectivity index is 0.00000144. The highest BCUT2D eigenvalue weighted by Gasteiger charge is 2.20. The van der Waals surface area contributed by atoms with E-state index in [2.05, 4.69) is 47.7 Å². The van der Waals surface area contributed by atoms with Crippen LogP contribution in [0.1, 0.15) is 25.2 Å². The first-order chi connectivity index (χ1) is 7.65. The summed E-state index contributed by atoms with van der Waals surface area (Å²) in [5.74, 6) is 0. The normalized spacial score (nSPS) is 9.78. The van der Waals surface area contributed by atoms with Crippen LogP contribution in [0.4, 0.5) is 0 Å². The van der Waals surface area contributed by atoms with Crippen LogP contribution in [0.3, 0.4) is 0 Å². The van der Waals surface area contributed by atoms with E-state index in [9.17, 15) is 0 Å². The number of aromatic nitrogens is 2. The second-order valence-corrected chi connectivity index (χ2v) is 6.00. The molecule has 2 aromatic rings. The van der Waals surface area contributed by atoms with Crippen molar-refractivity contribution in [2.75, 3.05) is 0 Å². The lowest BCUT2D eigenvalue weighted by Crippen LogP contribution is -3.00. The summed E-state index contributed by atoms with van der Waals surface area (Å²) in [6, 6.07) is 4.58. The van der Waals surface area contributed by atoms with Crippen molar-refractivity contribution in [2.45, 2.75) is 40.8 Å². The van der Waals surface area contributed by atoms with Gasteiger partial charge in [-0.1, -0.05) is 0 Å². The Morgan fingerprint density at radius 3 is 1.39 bits per heavy atom. The van der Waals surface area contributed by atoms with E-state index < -0.39 is 0 Å². The largest absolute Gasteiger partial charge is 1.00 e. The van der Waals surface area contributed by atoms with Crippen molar-refractivity contribution < 1.29 is 32.7 Å². The fourth-order valence-electron chi connectivity index (χ4n) is 1.82. The van der Waals surface area contributed by atoms with Gasteiger partial charge in [-0.25, -0.2) is 0 Å². The number of rotatable bonds is 3. The molecule has 102 valence electrons. The fourth-order valence-corrected chi connectivity index (χ4v) is 3.91. The van der Waals surface area contributed by atoms with Gasteiger partial charge in [0.2, 0.25) is 0 Å². The van der Waals surface area contributed by atoms with E-state index in [1.165, 1.54) is 21.1 Å². The maximum atomic E-state index is 2.33. The number of halogens is 2. The third-order valence-electron chi connectivity index (χ3n) is 2.70. The highest BCUT2D eigenvalue weighted by atomic mass is 35.5. The predicted octanol–water partition coefficient (Wildman–Crippen LogP) is -3.28. The van der Waals surface area contributed by atoms with Gasteiger partial charge in [-0.15, -0.1) is 7.91 Å². The van der Waals surface area contributed by atoms with E-state index in [0.717, 1.165) is 13.1 Å². The number of nitrogens with zero attached hydrogens (tertiary/aromatic N) is 2. The van der Waals surface area contributed by atoms with Gasteiger partial charge >= 0.3 is 0 Å². The lowest BCUT2D eigenvalue weighted by Gasteiger charge is -1.82. The van der Waals surface area contributed by atoms with E-state index in [0.29, 0.717) is 0 Å². The molecule has 0 unspecified atom stereocenters. The lowest BCUT2D eigenvalue weighted by atomic mass is 10.3. The molecule has 0 spiro atoms. The first kappa shape index (κ1) is 17.8. The van der Waals surface area contributed by atoms with Gasteiger partial charge in [-0.2, -0.15) is 0 Å². The number of hydrogen-bond donors (Lipinski definition) is 0. The standard InChI is InChI=1S/C12H18N2S2.2ClH/c1-5-13-9(3)7-11(15-13)12-8-10(4)14(6-2)16-12;;/h7-8H,5-6H2,1-4H3;2*1H/q+2;;/p-2. The van der Waals surface area contributed by atoms with E-state index in [1.54, 1.807) is 0 Å². The van der Waals surface area contributed by atoms with Crippen LogP contribution in [0.25, 0.3) is 9.75 Å². The molecule has 2 heterocycles. The molecule has 0 aliphatic carbocycles. The minimum atomic E-state index is 0. The second-order valence-electron chi connectivity index (χ2n) is 3.87. The zero-order valence-corrected chi connectivity index (χ0v) is 14.2. The summed E-state index contributed by atoms with van der Waals surface area (Å²) in [5, 5.41) is 0. The van der Waals surface area contributed by atoms with Crippen molar-refractivity contribution in [3.63, 3.8) is 0 Å². The van der Waals surface area contributed by atoms with Crippen molar-refractivity contribution in [3.05, 3.63) is 23.5 Å². The first-order valence-electron chi connectivity index (χ1n) is 5.67. The van der Waals surface area contributed by atoms with Gasteiger partial charge in [0, 0.05) is 26.0 Å². The van der Waals surface area contributed by atoms with Crippen molar-refractivity contribution >= 4 is 23.1 Å². The lowest BCUT2D eigenvalue weighted by molar-refractivity contribution is -0.631. The summed E-state index contributed by atoms with van der Waals surface area (Å²) in [6.45, 7) is 10.9. The van der Waals surface area contributed by atoms with E-state index in [1.807, 2.05) is 23.1 Å². The maximum Gasteiger partial charge on any atom is 0.194 e. The molecule has 0 fully saturated rings. The van der Waals surface area contributed by atoms with Gasteiger partial charge in [0.15, 0.2) is 24.5 Å². The maximum absolute atomic E-state index is 2.33. The molecule has 0 aliphatic heterocycles. The molecule has 0 saturated heterocycles. The monoisotopic (exact) mass is 324 g/mol. The Morgan fingerprint density at radius 2 is 1.17 bits per heavy atom. The Kier molecular flexibility index (Phi) is 7.37. The summed E-state index contributed by atoms with van der Waals surface area (Å²) < 4.78 is 4.67. The molecule has 0 saturated carbocycles. The number of hydrogen-bond acceptors (Lipinski definition) is 2. The Bertz CT molecular complexity index is 460. The molecule has 18 heavy (non-hydrogen) atoms. The molecule has 0 amide bonds. The van der Waals surface area contributed by atoms with Crippen LogP contribution >= 0.6 is 23.1 Å². The topological polar surface area (TPSA) is 7.76 Å². The van der Waals surface area contributed by atoms with Gasteiger partial charge in [-0.05, 0) is 13.8 Å². The molecule has 0 aliphatic rings. The second kappa shape index (κ2) is 7.43. The van der Waals surface area contributed by atoms with Crippen LogP contribution in [-0.2, 0) is 13.1 Å². The molecule has 0 atom stereocenters. The van der Waals surface area contributed by atoms with Crippen molar-refractivity contribution in [3.8, 4) is 9.75 Å². The summed E-state index contributed by atoms with van der Waals surface area (Å²) in [6.07, 6.45) is 0. The molecule has 2 aromatic heterocycles. The Morgan fingerprint density at radius 1 is 0.833 bits per heavy atom. The van der Waals surface area contributed by atoms with Gasteiger partial charge < -0.3 is 24.8 Å². The van der Waals surface area contributed by atoms with Crippen LogP contribution in [0, 0.1) is 13.8 Å². The molecule has 0 radical (unpaired) electrons. The van der Waals surface area contributed by atoms with Crippen LogP contribution < -0.4 is 32.7 Å². The average Bonchev–Trinajstić information content (AvgIpc) is 2.81. The molecule has 0 N–H and O–H groups in total. The average molecular weight is 325 g/mol. The van der Waals surface area contributed by atoms with Crippen LogP contribution in [-0.4, -0.2) is 0 Å². The summed E-state index contributed by atoms with van der Waals surface area (Å²) in [5.41, 5.74) is 2.72. The zero-order valence-electron chi connectivity index (χ0n) is 11.0. The Hall–Kier alpha value is -0.160. The van der Waals surface area contributed by atoms with Crippen LogP contribution in [0.5, 0.6) is 0 Å². The smallest absolute Gasteiger partial charge is 0.194 e. The first-order valence-corrected chi connectivity index (χ1v) is 7.22. The quantitative estimate of drug-likeness (QED) is 0.523. The minimum Gasteiger partial charge on any atom is -1.00 e. The van der Waals surface area contributed by atoms with Crippen molar-refractivity contribution in [2.24, 2.45) is 0 Å². The van der Waals surface area contributed by atoms with Gasteiger partial charge in [0.25, 0.3) is 0 Å². The SMILES string of the molecule is CC[n+]1sc(-c2cc(C)[n+](CC)s2)cc1C.[Cl-].[Cl-]. The van der Waals surface area contributed by atoms with Crippen LogP contribution in [0.15, 0.2) is 12.1 Å². The predicted molar refractivity (Wildman–Crippen MR) is 68.8 cm³/mol. The molecular weight excluding hydrogens is 307 g/mol. The third-order valence-corrected chi connectivity index (χ3v) is 5.43. The van der Waals surface area contributed by atoms with Gasteiger partial charge in [0.1, 0.15) is 32.8 Å². The molecule has 0 aromatic carbocycles. The van der Waals surface area contributed by atoms with E-state index in [-0.39, 0.29) is 24.8 Å². The zero-order chi connectivity index (χ0) is 11.7. The molecule has 2 rings (SSSR count). The Labute approximate surface area is 129 Å². The highest BCUT2D eigenvalue weighted by Crippen LogP contribution is 2.27. The third kappa shape index (κ3) is 3.44. The van der Waals surface area contributed by atoms with Gasteiger partial charge in [-0.3, -0.25) is 0 Å². The molecule has 6 heteroatoms. The van der Waals surface area contributed by atoms with Crippen LogP contribution in [0.2, 0.25) is 0 Å². The summed E-state index contributed by atoms with van der Waals surface area (Å²) in [4.78, 5) is 2.78. The minimum absolute atomic E-state index is 0. The van der Waals surface area contributed by atoms with E-state index >= 15 is 0 Å². The molecule has 0 bridgehead atoms. The fraction of sp³-hybridized carbons (Fsp3) is 0.500. The summed E-state index contributed by atoms with van der Waals surface area (Å²) >= 11 is 3.72. The molecular formula is C12H18Cl2N2S2. The van der Waals surface area contributed by atoms with Crippen molar-refractivity contribution in [1.29, 1.82) is 0 Å². The van der Waals surface area contributed by atoms with Gasteiger partial charge in [0.05, 0.1) is 0 Å². The van der Waals surface area contributed by atoms with E-state index in [4.69, 9.17) is 0 Å². The highest BCUT2D eigenvalue weighted by molar-refractivity contribution is 7.13.